The van der Waals surface area contributed by atoms with Crippen molar-refractivity contribution in [1.82, 2.24) is 10.2 Å². The third kappa shape index (κ3) is 2.01. The largest absolute Gasteiger partial charge is 0.465 e. The van der Waals surface area contributed by atoms with Gasteiger partial charge in [0.25, 0.3) is 0 Å². The molecule has 0 atom stereocenters. The van der Waals surface area contributed by atoms with E-state index in [1.165, 1.54) is 0 Å². The summed E-state index contributed by atoms with van der Waals surface area (Å²) in [6, 6.07) is 10.1. The number of hydrogen-bond donors (Lipinski definition) is 2. The fraction of sp³-hybridized carbons (Fsp3) is 0.154. The monoisotopic (exact) mass is 227 g/mol. The molecule has 0 aliphatic carbocycles. The number of aromatic nitrogens is 2. The Balaban J connectivity index is 1.76. The average molecular weight is 227 g/mol. The number of nitrogens with zero attached hydrogens (tertiary/aromatic N) is 1. The van der Waals surface area contributed by atoms with Crippen molar-refractivity contribution >= 4 is 16.6 Å². The summed E-state index contributed by atoms with van der Waals surface area (Å²) in [5, 5.41) is 11.3. The van der Waals surface area contributed by atoms with Gasteiger partial charge in [0.05, 0.1) is 18.3 Å². The molecule has 0 saturated carbocycles. The van der Waals surface area contributed by atoms with Crippen LogP contribution < -0.4 is 5.32 Å². The Kier molecular flexibility index (Phi) is 2.33. The standard InChI is InChI=1S/C13H13N3O/c1-9-2-4-12(17-9)8-14-11-3-5-13-10(6-11)7-15-16-13/h2-7,14H,8H2,1H3,(H,15,16). The summed E-state index contributed by atoms with van der Waals surface area (Å²) in [6.07, 6.45) is 1.82. The fourth-order valence-corrected chi connectivity index (χ4v) is 1.82. The van der Waals surface area contributed by atoms with Crippen molar-refractivity contribution < 1.29 is 4.42 Å². The molecule has 17 heavy (non-hydrogen) atoms. The van der Waals surface area contributed by atoms with E-state index in [1.807, 2.05) is 37.4 Å². The molecule has 2 aromatic heterocycles. The van der Waals surface area contributed by atoms with Gasteiger partial charge in [-0.3, -0.25) is 5.10 Å². The van der Waals surface area contributed by atoms with Crippen LogP contribution in [0.25, 0.3) is 10.9 Å². The highest BCUT2D eigenvalue weighted by Crippen LogP contribution is 2.17. The summed E-state index contributed by atoms with van der Waals surface area (Å²) in [7, 11) is 0. The zero-order valence-corrected chi connectivity index (χ0v) is 9.53. The zero-order chi connectivity index (χ0) is 11.7. The minimum absolute atomic E-state index is 0.692. The molecule has 0 radical (unpaired) electrons. The maximum atomic E-state index is 5.50. The molecule has 0 spiro atoms. The number of aryl methyl sites for hydroxylation is 1. The van der Waals surface area contributed by atoms with Gasteiger partial charge in [-0.05, 0) is 37.3 Å². The third-order valence-electron chi connectivity index (χ3n) is 2.70. The zero-order valence-electron chi connectivity index (χ0n) is 9.53. The van der Waals surface area contributed by atoms with Crippen molar-refractivity contribution in [1.29, 1.82) is 0 Å². The van der Waals surface area contributed by atoms with E-state index >= 15 is 0 Å². The Morgan fingerprint density at radius 3 is 3.06 bits per heavy atom. The SMILES string of the molecule is Cc1ccc(CNc2ccc3[nH]ncc3c2)o1. The normalized spacial score (nSPS) is 10.9. The minimum atomic E-state index is 0.692. The van der Waals surface area contributed by atoms with Crippen LogP contribution in [0.2, 0.25) is 0 Å². The molecule has 2 heterocycles. The molecule has 0 aliphatic rings. The molecular formula is C13H13N3O. The smallest absolute Gasteiger partial charge is 0.123 e. The summed E-state index contributed by atoms with van der Waals surface area (Å²) in [4.78, 5) is 0. The topological polar surface area (TPSA) is 53.9 Å². The van der Waals surface area contributed by atoms with Crippen molar-refractivity contribution in [3.8, 4) is 0 Å². The van der Waals surface area contributed by atoms with Gasteiger partial charge in [-0.2, -0.15) is 5.10 Å². The molecular weight excluding hydrogens is 214 g/mol. The molecule has 3 rings (SSSR count). The summed E-state index contributed by atoms with van der Waals surface area (Å²) in [5.41, 5.74) is 2.11. The van der Waals surface area contributed by atoms with Crippen LogP contribution in [0.5, 0.6) is 0 Å². The number of aromatic amines is 1. The van der Waals surface area contributed by atoms with Crippen molar-refractivity contribution in [2.45, 2.75) is 13.5 Å². The molecule has 2 N–H and O–H groups in total. The van der Waals surface area contributed by atoms with Gasteiger partial charge in [0.15, 0.2) is 0 Å². The molecule has 0 unspecified atom stereocenters. The highest BCUT2D eigenvalue weighted by molar-refractivity contribution is 5.81. The maximum absolute atomic E-state index is 5.50. The predicted molar refractivity (Wildman–Crippen MR) is 66.9 cm³/mol. The summed E-state index contributed by atoms with van der Waals surface area (Å²) in [6.45, 7) is 2.64. The molecule has 0 bridgehead atoms. The van der Waals surface area contributed by atoms with E-state index in [1.54, 1.807) is 0 Å². The molecule has 0 amide bonds. The molecule has 4 nitrogen and oxygen atoms in total. The van der Waals surface area contributed by atoms with E-state index in [9.17, 15) is 0 Å². The van der Waals surface area contributed by atoms with Gasteiger partial charge in [0, 0.05) is 11.1 Å². The quantitative estimate of drug-likeness (QED) is 0.723. The highest BCUT2D eigenvalue weighted by atomic mass is 16.3. The number of furan rings is 1. The van der Waals surface area contributed by atoms with E-state index in [0.717, 1.165) is 28.1 Å². The Morgan fingerprint density at radius 2 is 2.24 bits per heavy atom. The number of benzene rings is 1. The number of rotatable bonds is 3. The van der Waals surface area contributed by atoms with Crippen LogP contribution in [0.3, 0.4) is 0 Å². The fourth-order valence-electron chi connectivity index (χ4n) is 1.82. The lowest BCUT2D eigenvalue weighted by molar-refractivity contribution is 0.490. The van der Waals surface area contributed by atoms with E-state index in [2.05, 4.69) is 21.6 Å². The Morgan fingerprint density at radius 1 is 1.29 bits per heavy atom. The number of hydrogen-bond acceptors (Lipinski definition) is 3. The number of anilines is 1. The Bertz CT molecular complexity index is 639. The van der Waals surface area contributed by atoms with Crippen LogP contribution in [-0.2, 0) is 6.54 Å². The second kappa shape index (κ2) is 3.97. The van der Waals surface area contributed by atoms with Crippen LogP contribution in [0.1, 0.15) is 11.5 Å². The molecule has 0 saturated heterocycles. The van der Waals surface area contributed by atoms with E-state index < -0.39 is 0 Å². The van der Waals surface area contributed by atoms with Gasteiger partial charge < -0.3 is 9.73 Å². The minimum Gasteiger partial charge on any atom is -0.465 e. The molecule has 0 aliphatic heterocycles. The third-order valence-corrected chi connectivity index (χ3v) is 2.70. The van der Waals surface area contributed by atoms with Gasteiger partial charge in [-0.25, -0.2) is 0 Å². The first-order chi connectivity index (χ1) is 8.31. The predicted octanol–water partition coefficient (Wildman–Crippen LogP) is 3.08. The van der Waals surface area contributed by atoms with E-state index in [0.29, 0.717) is 6.54 Å². The lowest BCUT2D eigenvalue weighted by atomic mass is 10.2. The lowest BCUT2D eigenvalue weighted by Gasteiger charge is -2.04. The van der Waals surface area contributed by atoms with Gasteiger partial charge in [-0.1, -0.05) is 0 Å². The summed E-state index contributed by atoms with van der Waals surface area (Å²) < 4.78 is 5.50. The summed E-state index contributed by atoms with van der Waals surface area (Å²) in [5.74, 6) is 1.88. The van der Waals surface area contributed by atoms with Crippen LogP contribution in [-0.4, -0.2) is 10.2 Å². The lowest BCUT2D eigenvalue weighted by Crippen LogP contribution is -1.97. The number of H-pyrrole nitrogens is 1. The molecule has 0 fully saturated rings. The van der Waals surface area contributed by atoms with Crippen molar-refractivity contribution in [3.63, 3.8) is 0 Å². The second-order valence-electron chi connectivity index (χ2n) is 4.04. The Hall–Kier alpha value is -2.23. The van der Waals surface area contributed by atoms with Gasteiger partial charge >= 0.3 is 0 Å². The van der Waals surface area contributed by atoms with Crippen LogP contribution in [0.15, 0.2) is 40.9 Å². The first-order valence-electron chi connectivity index (χ1n) is 5.53. The Labute approximate surface area is 98.6 Å². The van der Waals surface area contributed by atoms with Crippen molar-refractivity contribution in [2.75, 3.05) is 5.32 Å². The van der Waals surface area contributed by atoms with Gasteiger partial charge in [-0.15, -0.1) is 0 Å². The first-order valence-corrected chi connectivity index (χ1v) is 5.53. The number of fused-ring (bicyclic) bond motifs is 1. The van der Waals surface area contributed by atoms with Crippen LogP contribution >= 0.6 is 0 Å². The van der Waals surface area contributed by atoms with Crippen LogP contribution in [0.4, 0.5) is 5.69 Å². The second-order valence-corrected chi connectivity index (χ2v) is 4.04. The molecule has 3 aromatic rings. The van der Waals surface area contributed by atoms with Crippen molar-refractivity contribution in [2.24, 2.45) is 0 Å². The molecule has 1 aromatic carbocycles. The molecule has 4 heteroatoms. The van der Waals surface area contributed by atoms with Crippen LogP contribution in [0, 0.1) is 6.92 Å². The van der Waals surface area contributed by atoms with E-state index in [-0.39, 0.29) is 0 Å². The maximum Gasteiger partial charge on any atom is 0.123 e. The first kappa shape index (κ1) is 9.96. The van der Waals surface area contributed by atoms with Gasteiger partial charge in [0.2, 0.25) is 0 Å². The van der Waals surface area contributed by atoms with E-state index in [4.69, 9.17) is 4.42 Å². The number of nitrogens with one attached hydrogen (secondary N) is 2. The summed E-state index contributed by atoms with van der Waals surface area (Å²) >= 11 is 0. The average Bonchev–Trinajstić information content (AvgIpc) is 2.94. The molecule has 86 valence electrons. The highest BCUT2D eigenvalue weighted by Gasteiger charge is 2.00. The van der Waals surface area contributed by atoms with Gasteiger partial charge in [0.1, 0.15) is 11.5 Å². The van der Waals surface area contributed by atoms with Crippen molar-refractivity contribution in [3.05, 3.63) is 48.0 Å².